The third kappa shape index (κ3) is 4.22. The Kier molecular flexibility index (Phi) is 5.95. The highest BCUT2D eigenvalue weighted by Crippen LogP contribution is 2.27. The number of amides is 2. The predicted octanol–water partition coefficient (Wildman–Crippen LogP) is 4.06. The van der Waals surface area contributed by atoms with Gasteiger partial charge in [-0.05, 0) is 55.7 Å². The smallest absolute Gasteiger partial charge is 0.257 e. The van der Waals surface area contributed by atoms with Crippen molar-refractivity contribution in [2.45, 2.75) is 38.2 Å². The number of ether oxygens (including phenoxy) is 1. The molecule has 1 aromatic carbocycles. The maximum absolute atomic E-state index is 13.2. The molecule has 2 aromatic rings. The van der Waals surface area contributed by atoms with Crippen LogP contribution < -0.4 is 4.74 Å². The summed E-state index contributed by atoms with van der Waals surface area (Å²) in [5.41, 5.74) is 1.37. The summed E-state index contributed by atoms with van der Waals surface area (Å²) in [5, 5.41) is 3.80. The van der Waals surface area contributed by atoms with E-state index in [0.717, 1.165) is 24.8 Å². The lowest BCUT2D eigenvalue weighted by Crippen LogP contribution is -2.37. The average molecular weight is 399 g/mol. The molecule has 2 amide bonds. The van der Waals surface area contributed by atoms with E-state index in [0.29, 0.717) is 37.5 Å². The van der Waals surface area contributed by atoms with E-state index in [1.807, 2.05) is 50.9 Å². The standard InChI is InChI=1S/C22H26N2O3S/c25-21(17-10-15-28-16-17)23-11-5-12-24(14-13-23)22(26)19-8-3-4-9-20(19)27-18-6-1-2-7-18/h3-4,8-10,15-16,18H,1-2,5-7,11-14H2. The second kappa shape index (κ2) is 8.78. The highest BCUT2D eigenvalue weighted by atomic mass is 32.1. The molecule has 1 aliphatic carbocycles. The molecule has 0 bridgehead atoms. The van der Waals surface area contributed by atoms with Crippen LogP contribution in [-0.2, 0) is 0 Å². The third-order valence-corrected chi connectivity index (χ3v) is 6.23. The number of hydrogen-bond donors (Lipinski definition) is 0. The summed E-state index contributed by atoms with van der Waals surface area (Å²) in [6.45, 7) is 2.45. The summed E-state index contributed by atoms with van der Waals surface area (Å²) < 4.78 is 6.15. The fourth-order valence-corrected chi connectivity index (χ4v) is 4.62. The van der Waals surface area contributed by atoms with Crippen molar-refractivity contribution in [3.8, 4) is 5.75 Å². The number of nitrogens with zero attached hydrogens (tertiary/aromatic N) is 2. The second-order valence-corrected chi connectivity index (χ2v) is 8.25. The first kappa shape index (κ1) is 19.0. The van der Waals surface area contributed by atoms with Crippen molar-refractivity contribution < 1.29 is 14.3 Å². The van der Waals surface area contributed by atoms with Crippen LogP contribution in [0.1, 0.15) is 52.8 Å². The first-order valence-corrected chi connectivity index (χ1v) is 11.0. The van der Waals surface area contributed by atoms with Gasteiger partial charge in [-0.1, -0.05) is 12.1 Å². The molecule has 2 heterocycles. The lowest BCUT2D eigenvalue weighted by atomic mass is 10.1. The van der Waals surface area contributed by atoms with Gasteiger partial charge in [0.2, 0.25) is 0 Å². The van der Waals surface area contributed by atoms with E-state index < -0.39 is 0 Å². The van der Waals surface area contributed by atoms with Gasteiger partial charge in [0.05, 0.1) is 17.2 Å². The first-order valence-electron chi connectivity index (χ1n) is 10.1. The number of hydrogen-bond acceptors (Lipinski definition) is 4. The van der Waals surface area contributed by atoms with Crippen LogP contribution in [0.4, 0.5) is 0 Å². The number of carbonyl (C=O) groups excluding carboxylic acids is 2. The lowest BCUT2D eigenvalue weighted by molar-refractivity contribution is 0.0715. The van der Waals surface area contributed by atoms with E-state index in [4.69, 9.17) is 4.74 Å². The van der Waals surface area contributed by atoms with Gasteiger partial charge in [0.1, 0.15) is 5.75 Å². The molecule has 1 saturated carbocycles. The monoisotopic (exact) mass is 398 g/mol. The van der Waals surface area contributed by atoms with Crippen molar-refractivity contribution in [1.82, 2.24) is 9.80 Å². The minimum Gasteiger partial charge on any atom is -0.490 e. The molecule has 0 unspecified atom stereocenters. The van der Waals surface area contributed by atoms with Crippen LogP contribution in [-0.4, -0.2) is 53.9 Å². The highest BCUT2D eigenvalue weighted by molar-refractivity contribution is 7.08. The van der Waals surface area contributed by atoms with Crippen LogP contribution in [0.2, 0.25) is 0 Å². The Morgan fingerprint density at radius 1 is 0.893 bits per heavy atom. The van der Waals surface area contributed by atoms with Gasteiger partial charge in [-0.15, -0.1) is 0 Å². The van der Waals surface area contributed by atoms with Gasteiger partial charge in [-0.3, -0.25) is 9.59 Å². The van der Waals surface area contributed by atoms with Gasteiger partial charge in [0, 0.05) is 31.6 Å². The van der Waals surface area contributed by atoms with E-state index in [1.54, 1.807) is 0 Å². The van der Waals surface area contributed by atoms with Crippen molar-refractivity contribution >= 4 is 23.2 Å². The molecule has 6 heteroatoms. The van der Waals surface area contributed by atoms with Crippen molar-refractivity contribution in [2.24, 2.45) is 0 Å². The number of carbonyl (C=O) groups is 2. The lowest BCUT2D eigenvalue weighted by Gasteiger charge is -2.23. The molecule has 0 radical (unpaired) electrons. The summed E-state index contributed by atoms with van der Waals surface area (Å²) in [7, 11) is 0. The second-order valence-electron chi connectivity index (χ2n) is 7.47. The summed E-state index contributed by atoms with van der Waals surface area (Å²) in [6.07, 6.45) is 5.52. The van der Waals surface area contributed by atoms with Crippen LogP contribution in [0.15, 0.2) is 41.1 Å². The number of thiophene rings is 1. The summed E-state index contributed by atoms with van der Waals surface area (Å²) in [5.74, 6) is 0.744. The van der Waals surface area contributed by atoms with Gasteiger partial charge in [0.15, 0.2) is 0 Å². The maximum atomic E-state index is 13.2. The van der Waals surface area contributed by atoms with E-state index in [-0.39, 0.29) is 17.9 Å². The molecular weight excluding hydrogens is 372 g/mol. The molecule has 1 aromatic heterocycles. The molecule has 0 N–H and O–H groups in total. The van der Waals surface area contributed by atoms with Crippen LogP contribution in [0, 0.1) is 0 Å². The Hall–Kier alpha value is -2.34. The maximum Gasteiger partial charge on any atom is 0.257 e. The molecule has 28 heavy (non-hydrogen) atoms. The van der Waals surface area contributed by atoms with Gasteiger partial charge >= 0.3 is 0 Å². The first-order chi connectivity index (χ1) is 13.7. The van der Waals surface area contributed by atoms with Gasteiger partial charge in [0.25, 0.3) is 11.8 Å². The normalized spacial score (nSPS) is 18.1. The van der Waals surface area contributed by atoms with Crippen molar-refractivity contribution in [3.05, 3.63) is 52.2 Å². The van der Waals surface area contributed by atoms with Gasteiger partial charge in [-0.2, -0.15) is 11.3 Å². The molecule has 2 fully saturated rings. The average Bonchev–Trinajstić information content (AvgIpc) is 3.38. The van der Waals surface area contributed by atoms with E-state index >= 15 is 0 Å². The molecule has 148 valence electrons. The Morgan fingerprint density at radius 2 is 1.61 bits per heavy atom. The Morgan fingerprint density at radius 3 is 2.32 bits per heavy atom. The number of rotatable bonds is 4. The zero-order valence-electron chi connectivity index (χ0n) is 16.0. The molecule has 0 atom stereocenters. The third-order valence-electron chi connectivity index (χ3n) is 5.55. The van der Waals surface area contributed by atoms with Crippen LogP contribution in [0.25, 0.3) is 0 Å². The largest absolute Gasteiger partial charge is 0.490 e. The van der Waals surface area contributed by atoms with Crippen molar-refractivity contribution in [2.75, 3.05) is 26.2 Å². The van der Waals surface area contributed by atoms with Crippen LogP contribution in [0.5, 0.6) is 5.75 Å². The Labute approximate surface area is 169 Å². The SMILES string of the molecule is O=C(c1ccsc1)N1CCCN(C(=O)c2ccccc2OC2CCCC2)CC1. The summed E-state index contributed by atoms with van der Waals surface area (Å²) in [6, 6.07) is 9.42. The van der Waals surface area contributed by atoms with E-state index in [9.17, 15) is 9.59 Å². The molecule has 2 aliphatic rings. The number of para-hydroxylation sites is 1. The molecule has 1 aliphatic heterocycles. The molecule has 0 spiro atoms. The topological polar surface area (TPSA) is 49.9 Å². The Bertz CT molecular complexity index is 815. The van der Waals surface area contributed by atoms with Gasteiger partial charge < -0.3 is 14.5 Å². The van der Waals surface area contributed by atoms with E-state index in [2.05, 4.69) is 0 Å². The van der Waals surface area contributed by atoms with Crippen LogP contribution in [0.3, 0.4) is 0 Å². The van der Waals surface area contributed by atoms with Crippen LogP contribution >= 0.6 is 11.3 Å². The zero-order chi connectivity index (χ0) is 19.3. The molecule has 5 nitrogen and oxygen atoms in total. The fourth-order valence-electron chi connectivity index (χ4n) is 3.99. The fraction of sp³-hybridized carbons (Fsp3) is 0.455. The minimum absolute atomic E-state index is 0.00145. The molecule has 4 rings (SSSR count). The quantitative estimate of drug-likeness (QED) is 0.780. The van der Waals surface area contributed by atoms with Gasteiger partial charge in [-0.25, -0.2) is 0 Å². The van der Waals surface area contributed by atoms with E-state index in [1.165, 1.54) is 24.2 Å². The predicted molar refractivity (Wildman–Crippen MR) is 110 cm³/mol. The minimum atomic E-state index is -0.00145. The number of benzene rings is 1. The van der Waals surface area contributed by atoms with Crippen molar-refractivity contribution in [3.63, 3.8) is 0 Å². The summed E-state index contributed by atoms with van der Waals surface area (Å²) >= 11 is 1.53. The highest BCUT2D eigenvalue weighted by Gasteiger charge is 2.26. The molecular formula is C22H26N2O3S. The zero-order valence-corrected chi connectivity index (χ0v) is 16.8. The molecule has 1 saturated heterocycles. The summed E-state index contributed by atoms with van der Waals surface area (Å²) in [4.78, 5) is 29.5. The van der Waals surface area contributed by atoms with Crippen molar-refractivity contribution in [1.29, 1.82) is 0 Å². The Balaban J connectivity index is 1.43.